The Morgan fingerprint density at radius 3 is 2.81 bits per heavy atom. The second kappa shape index (κ2) is 6.88. The van der Waals surface area contributed by atoms with Gasteiger partial charge in [0.2, 0.25) is 0 Å². The Kier molecular flexibility index (Phi) is 4.55. The summed E-state index contributed by atoms with van der Waals surface area (Å²) < 4.78 is 7.42. The number of ether oxygens (including phenoxy) is 1. The number of fused-ring (bicyclic) bond motifs is 1. The maximum absolute atomic E-state index is 12.8. The lowest BCUT2D eigenvalue weighted by atomic mass is 10.2. The lowest BCUT2D eigenvalue weighted by molar-refractivity contribution is -0.138. The molecule has 1 saturated carbocycles. The van der Waals surface area contributed by atoms with Crippen LogP contribution in [0, 0.1) is 0 Å². The van der Waals surface area contributed by atoms with E-state index in [9.17, 15) is 9.59 Å². The molecular formula is C19H21ClN4O3. The molecule has 2 aliphatic rings. The Morgan fingerprint density at radius 2 is 2.11 bits per heavy atom. The molecule has 1 unspecified atom stereocenters. The first kappa shape index (κ1) is 17.9. The molecule has 1 aromatic carbocycles. The number of nitrogens with zero attached hydrogens (tertiary/aromatic N) is 3. The molecule has 7 nitrogen and oxygen atoms in total. The van der Waals surface area contributed by atoms with Crippen LogP contribution in [0.25, 0.3) is 0 Å². The van der Waals surface area contributed by atoms with E-state index in [1.54, 1.807) is 47.8 Å². The van der Waals surface area contributed by atoms with Crippen molar-refractivity contribution < 1.29 is 14.3 Å². The second-order valence-electron chi connectivity index (χ2n) is 7.06. The van der Waals surface area contributed by atoms with Crippen LogP contribution in [-0.2, 0) is 24.9 Å². The molecular weight excluding hydrogens is 368 g/mol. The van der Waals surface area contributed by atoms with Gasteiger partial charge >= 0.3 is 0 Å². The molecule has 1 N–H and O–H groups in total. The standard InChI is InChI=1S/C19H21ClN4O3/c1-11(27-14-5-3-4-12(20)8-14)19(26)24-9-15-16(10-24)23(2)22-17(15)18(25)21-13-6-7-13/h3-5,8,11,13H,6-7,9-10H2,1-2H3,(H,21,25). The molecule has 0 spiro atoms. The topological polar surface area (TPSA) is 76.5 Å². The number of aromatic nitrogens is 2. The molecule has 8 heteroatoms. The van der Waals surface area contributed by atoms with Crippen LogP contribution in [0.3, 0.4) is 0 Å². The van der Waals surface area contributed by atoms with Crippen molar-refractivity contribution in [1.29, 1.82) is 0 Å². The SMILES string of the molecule is CC(Oc1cccc(Cl)c1)C(=O)N1Cc2c(C(=O)NC3CC3)nn(C)c2C1. The van der Waals surface area contributed by atoms with Crippen molar-refractivity contribution in [3.63, 3.8) is 0 Å². The molecule has 1 aromatic heterocycles. The van der Waals surface area contributed by atoms with Crippen LogP contribution >= 0.6 is 11.6 Å². The van der Waals surface area contributed by atoms with Gasteiger partial charge in [0.05, 0.1) is 18.8 Å². The van der Waals surface area contributed by atoms with E-state index in [0.717, 1.165) is 24.1 Å². The minimum atomic E-state index is -0.658. The summed E-state index contributed by atoms with van der Waals surface area (Å²) in [4.78, 5) is 26.9. The molecule has 2 aromatic rings. The van der Waals surface area contributed by atoms with Crippen LogP contribution in [0.5, 0.6) is 5.75 Å². The summed E-state index contributed by atoms with van der Waals surface area (Å²) in [5.41, 5.74) is 2.12. The molecule has 0 saturated heterocycles. The molecule has 1 aliphatic carbocycles. The fourth-order valence-corrected chi connectivity index (χ4v) is 3.45. The van der Waals surface area contributed by atoms with Gasteiger partial charge in [0, 0.05) is 23.7 Å². The lowest BCUT2D eigenvalue weighted by Gasteiger charge is -2.21. The zero-order chi connectivity index (χ0) is 19.1. The summed E-state index contributed by atoms with van der Waals surface area (Å²) in [5, 5.41) is 7.87. The normalized spacial score (nSPS) is 16.8. The van der Waals surface area contributed by atoms with Crippen molar-refractivity contribution in [3.05, 3.63) is 46.2 Å². The van der Waals surface area contributed by atoms with Gasteiger partial charge in [0.15, 0.2) is 11.8 Å². The van der Waals surface area contributed by atoms with Crippen molar-refractivity contribution in [2.45, 2.75) is 45.0 Å². The van der Waals surface area contributed by atoms with Gasteiger partial charge < -0.3 is 15.0 Å². The number of carbonyl (C=O) groups excluding carboxylic acids is 2. The van der Waals surface area contributed by atoms with Crippen molar-refractivity contribution in [3.8, 4) is 5.75 Å². The summed E-state index contributed by atoms with van der Waals surface area (Å²) in [6.45, 7) is 2.49. The molecule has 0 bridgehead atoms. The Balaban J connectivity index is 1.45. The van der Waals surface area contributed by atoms with E-state index in [0.29, 0.717) is 29.6 Å². The van der Waals surface area contributed by atoms with Crippen LogP contribution in [0.15, 0.2) is 24.3 Å². The van der Waals surface area contributed by atoms with Gasteiger partial charge in [0.25, 0.3) is 11.8 Å². The zero-order valence-electron chi connectivity index (χ0n) is 15.2. The molecule has 0 radical (unpaired) electrons. The van der Waals surface area contributed by atoms with Gasteiger partial charge in [-0.25, -0.2) is 0 Å². The van der Waals surface area contributed by atoms with Crippen molar-refractivity contribution >= 4 is 23.4 Å². The van der Waals surface area contributed by atoms with E-state index >= 15 is 0 Å². The van der Waals surface area contributed by atoms with E-state index in [1.807, 2.05) is 0 Å². The van der Waals surface area contributed by atoms with Gasteiger partial charge in [-0.2, -0.15) is 5.10 Å². The molecule has 1 aliphatic heterocycles. The molecule has 1 atom stereocenters. The minimum Gasteiger partial charge on any atom is -0.481 e. The quantitative estimate of drug-likeness (QED) is 0.852. The summed E-state index contributed by atoms with van der Waals surface area (Å²) in [6, 6.07) is 7.23. The van der Waals surface area contributed by atoms with E-state index in [2.05, 4.69) is 10.4 Å². The number of hydrogen-bond donors (Lipinski definition) is 1. The molecule has 142 valence electrons. The maximum Gasteiger partial charge on any atom is 0.272 e. The number of aryl methyl sites for hydroxylation is 1. The number of halogens is 1. The third-order valence-corrected chi connectivity index (χ3v) is 5.10. The summed E-state index contributed by atoms with van der Waals surface area (Å²) >= 11 is 5.96. The Hall–Kier alpha value is -2.54. The molecule has 4 rings (SSSR count). The van der Waals surface area contributed by atoms with Gasteiger partial charge in [-0.1, -0.05) is 17.7 Å². The fraction of sp³-hybridized carbons (Fsp3) is 0.421. The van der Waals surface area contributed by atoms with Gasteiger partial charge in [-0.15, -0.1) is 0 Å². The fourth-order valence-electron chi connectivity index (χ4n) is 3.27. The Bertz CT molecular complexity index is 906. The van der Waals surface area contributed by atoms with Crippen molar-refractivity contribution in [1.82, 2.24) is 20.0 Å². The van der Waals surface area contributed by atoms with Gasteiger partial charge in [-0.3, -0.25) is 14.3 Å². The van der Waals surface area contributed by atoms with E-state index in [4.69, 9.17) is 16.3 Å². The minimum absolute atomic E-state index is 0.139. The highest BCUT2D eigenvalue weighted by Gasteiger charge is 2.35. The highest BCUT2D eigenvalue weighted by Crippen LogP contribution is 2.28. The molecule has 2 amide bonds. The van der Waals surface area contributed by atoms with Crippen LogP contribution in [0.4, 0.5) is 0 Å². The number of carbonyl (C=O) groups is 2. The number of nitrogens with one attached hydrogen (secondary N) is 1. The smallest absolute Gasteiger partial charge is 0.272 e. The lowest BCUT2D eigenvalue weighted by Crippen LogP contribution is -2.37. The van der Waals surface area contributed by atoms with Gasteiger partial charge in [0.1, 0.15) is 5.75 Å². The van der Waals surface area contributed by atoms with Crippen molar-refractivity contribution in [2.75, 3.05) is 0 Å². The van der Waals surface area contributed by atoms with Crippen LogP contribution in [-0.4, -0.2) is 38.6 Å². The highest BCUT2D eigenvalue weighted by molar-refractivity contribution is 6.30. The highest BCUT2D eigenvalue weighted by atomic mass is 35.5. The van der Waals surface area contributed by atoms with E-state index < -0.39 is 6.10 Å². The van der Waals surface area contributed by atoms with E-state index in [-0.39, 0.29) is 17.9 Å². The molecule has 2 heterocycles. The number of amides is 2. The van der Waals surface area contributed by atoms with Crippen LogP contribution < -0.4 is 10.1 Å². The first-order valence-electron chi connectivity index (χ1n) is 8.99. The summed E-state index contributed by atoms with van der Waals surface area (Å²) in [7, 11) is 1.80. The molecule has 27 heavy (non-hydrogen) atoms. The third kappa shape index (κ3) is 3.64. The Labute approximate surface area is 162 Å². The first-order valence-corrected chi connectivity index (χ1v) is 9.37. The summed E-state index contributed by atoms with van der Waals surface area (Å²) in [6.07, 6.45) is 1.38. The third-order valence-electron chi connectivity index (χ3n) is 4.86. The predicted molar refractivity (Wildman–Crippen MR) is 99.5 cm³/mol. The number of hydrogen-bond acceptors (Lipinski definition) is 4. The summed E-state index contributed by atoms with van der Waals surface area (Å²) in [5.74, 6) is 0.248. The number of rotatable bonds is 5. The maximum atomic E-state index is 12.8. The monoisotopic (exact) mass is 388 g/mol. The van der Waals surface area contributed by atoms with Crippen LogP contribution in [0.1, 0.15) is 41.5 Å². The first-order chi connectivity index (χ1) is 12.9. The number of benzene rings is 1. The Morgan fingerprint density at radius 1 is 1.33 bits per heavy atom. The predicted octanol–water partition coefficient (Wildman–Crippen LogP) is 2.28. The zero-order valence-corrected chi connectivity index (χ0v) is 16.0. The van der Waals surface area contributed by atoms with Crippen molar-refractivity contribution in [2.24, 2.45) is 7.05 Å². The average Bonchev–Trinajstić information content (AvgIpc) is 3.23. The van der Waals surface area contributed by atoms with E-state index in [1.165, 1.54) is 0 Å². The average molecular weight is 389 g/mol. The van der Waals surface area contributed by atoms with Crippen LogP contribution in [0.2, 0.25) is 5.02 Å². The molecule has 1 fully saturated rings. The second-order valence-corrected chi connectivity index (χ2v) is 7.49. The largest absolute Gasteiger partial charge is 0.481 e. The van der Waals surface area contributed by atoms with Gasteiger partial charge in [-0.05, 0) is 38.0 Å².